The predicted octanol–water partition coefficient (Wildman–Crippen LogP) is 3.62. The summed E-state index contributed by atoms with van der Waals surface area (Å²) in [5, 5.41) is 3.28. The van der Waals surface area contributed by atoms with Crippen LogP contribution in [0.1, 0.15) is 39.2 Å². The van der Waals surface area contributed by atoms with Crippen LogP contribution in [0.2, 0.25) is 0 Å². The van der Waals surface area contributed by atoms with E-state index in [2.05, 4.69) is 11.2 Å². The molecule has 3 rings (SSSR count). The summed E-state index contributed by atoms with van der Waals surface area (Å²) >= 11 is 0. The summed E-state index contributed by atoms with van der Waals surface area (Å²) in [6.07, 6.45) is 6.43. The van der Waals surface area contributed by atoms with Crippen molar-refractivity contribution in [2.24, 2.45) is 5.92 Å². The van der Waals surface area contributed by atoms with E-state index in [-0.39, 0.29) is 29.6 Å². The van der Waals surface area contributed by atoms with Gasteiger partial charge in [-0.3, -0.25) is 18.7 Å². The van der Waals surface area contributed by atoms with Crippen molar-refractivity contribution in [3.63, 3.8) is 0 Å². The lowest BCUT2D eigenvalue weighted by molar-refractivity contribution is -0.117. The number of carbonyl (C=O) groups excluding carboxylic acids is 1. The summed E-state index contributed by atoms with van der Waals surface area (Å²) in [7, 11) is 0. The van der Waals surface area contributed by atoms with Crippen molar-refractivity contribution < 1.29 is 9.53 Å². The molecule has 0 aliphatic rings. The molecule has 0 saturated carbocycles. The highest BCUT2D eigenvalue weighted by Crippen LogP contribution is 2.18. The Labute approximate surface area is 193 Å². The Kier molecular flexibility index (Phi) is 7.73. The maximum atomic E-state index is 12.8. The largest absolute Gasteiger partial charge is 0.494 e. The maximum Gasteiger partial charge on any atom is 0.331 e. The first-order chi connectivity index (χ1) is 15.9. The smallest absolute Gasteiger partial charge is 0.331 e. The van der Waals surface area contributed by atoms with Crippen LogP contribution in [0.5, 0.6) is 5.75 Å². The first kappa shape index (κ1) is 23.9. The Balaban J connectivity index is 1.63. The lowest BCUT2D eigenvalue weighted by Gasteiger charge is -2.14. The Morgan fingerprint density at radius 1 is 1.12 bits per heavy atom. The van der Waals surface area contributed by atoms with E-state index in [1.165, 1.54) is 4.57 Å². The minimum atomic E-state index is -0.349. The monoisotopic (exact) mass is 447 g/mol. The summed E-state index contributed by atoms with van der Waals surface area (Å²) in [5.41, 5.74) is 1.18. The van der Waals surface area contributed by atoms with Crippen molar-refractivity contribution >= 4 is 22.5 Å². The Morgan fingerprint density at radius 3 is 2.58 bits per heavy atom. The van der Waals surface area contributed by atoms with Gasteiger partial charge in [0.1, 0.15) is 5.75 Å². The molecule has 1 aromatic heterocycles. The fourth-order valence-corrected chi connectivity index (χ4v) is 3.77. The highest BCUT2D eigenvalue weighted by molar-refractivity contribution is 5.93. The molecule has 0 bridgehead atoms. The molecule has 1 heterocycles. The first-order valence-electron chi connectivity index (χ1n) is 11.1. The molecule has 1 amide bonds. The third kappa shape index (κ3) is 5.53. The molecule has 0 fully saturated rings. The standard InChI is InChI=1S/C26H29N3O4/c1-5-19-9-8-10-21(16-19)33-14-13-18(4)15-24(30)27-20-11-12-23-22(17-20)25(31)29(7-3)26(32)28(23)6-2/h1,8-12,16-18H,6-7,13-15H2,2-4H3,(H,27,30). The SMILES string of the molecule is C#Cc1cccc(OCCC(C)CC(=O)Nc2ccc3c(c2)c(=O)n(CC)c(=O)n3CC)c1. The van der Waals surface area contributed by atoms with Gasteiger partial charge in [0.15, 0.2) is 0 Å². The second kappa shape index (κ2) is 10.7. The number of nitrogens with one attached hydrogen (secondary N) is 1. The van der Waals surface area contributed by atoms with Gasteiger partial charge in [0.25, 0.3) is 5.56 Å². The molecule has 0 aliphatic carbocycles. The molecule has 2 aromatic carbocycles. The first-order valence-corrected chi connectivity index (χ1v) is 11.1. The molecule has 0 saturated heterocycles. The maximum absolute atomic E-state index is 12.8. The van der Waals surface area contributed by atoms with E-state index in [1.807, 2.05) is 38.1 Å². The Morgan fingerprint density at radius 2 is 1.88 bits per heavy atom. The number of anilines is 1. The van der Waals surface area contributed by atoms with Crippen molar-refractivity contribution in [2.45, 2.75) is 46.7 Å². The molecular formula is C26H29N3O4. The van der Waals surface area contributed by atoms with Gasteiger partial charge in [0.05, 0.1) is 17.5 Å². The Hall–Kier alpha value is -3.79. The number of nitrogens with zero attached hydrogens (tertiary/aromatic N) is 2. The van der Waals surface area contributed by atoms with Crippen LogP contribution in [0.15, 0.2) is 52.1 Å². The van der Waals surface area contributed by atoms with Gasteiger partial charge in [-0.15, -0.1) is 6.42 Å². The van der Waals surface area contributed by atoms with Crippen LogP contribution >= 0.6 is 0 Å². The van der Waals surface area contributed by atoms with Crippen molar-refractivity contribution in [2.75, 3.05) is 11.9 Å². The molecule has 1 N–H and O–H groups in total. The number of benzene rings is 2. The summed E-state index contributed by atoms with van der Waals surface area (Å²) < 4.78 is 8.51. The zero-order valence-corrected chi connectivity index (χ0v) is 19.3. The van der Waals surface area contributed by atoms with E-state index in [9.17, 15) is 14.4 Å². The van der Waals surface area contributed by atoms with Crippen LogP contribution in [-0.2, 0) is 17.9 Å². The third-order valence-electron chi connectivity index (χ3n) is 5.55. The minimum absolute atomic E-state index is 0.101. The van der Waals surface area contributed by atoms with Gasteiger partial charge in [-0.25, -0.2) is 4.79 Å². The lowest BCUT2D eigenvalue weighted by atomic mass is 10.0. The normalized spacial score (nSPS) is 11.7. The molecule has 0 spiro atoms. The molecule has 1 atom stereocenters. The molecule has 172 valence electrons. The van der Waals surface area contributed by atoms with Crippen molar-refractivity contribution in [1.29, 1.82) is 0 Å². The predicted molar refractivity (Wildman–Crippen MR) is 131 cm³/mol. The summed E-state index contributed by atoms with van der Waals surface area (Å²) in [4.78, 5) is 37.8. The molecule has 33 heavy (non-hydrogen) atoms. The number of terminal acetylenes is 1. The topological polar surface area (TPSA) is 82.3 Å². The number of fused-ring (bicyclic) bond motifs is 1. The molecular weight excluding hydrogens is 418 g/mol. The van der Waals surface area contributed by atoms with Crippen LogP contribution in [0.3, 0.4) is 0 Å². The zero-order valence-electron chi connectivity index (χ0n) is 19.3. The number of hydrogen-bond acceptors (Lipinski definition) is 4. The van der Waals surface area contributed by atoms with Gasteiger partial charge in [-0.1, -0.05) is 18.9 Å². The average molecular weight is 448 g/mol. The van der Waals surface area contributed by atoms with Crippen LogP contribution in [-0.4, -0.2) is 21.6 Å². The van der Waals surface area contributed by atoms with E-state index in [0.717, 1.165) is 5.56 Å². The van der Waals surface area contributed by atoms with Crippen LogP contribution in [0.25, 0.3) is 10.9 Å². The number of aromatic nitrogens is 2. The number of amides is 1. The van der Waals surface area contributed by atoms with Gasteiger partial charge in [-0.2, -0.15) is 0 Å². The third-order valence-corrected chi connectivity index (χ3v) is 5.55. The second-order valence-electron chi connectivity index (χ2n) is 7.97. The van der Waals surface area contributed by atoms with Crippen LogP contribution < -0.4 is 21.3 Å². The second-order valence-corrected chi connectivity index (χ2v) is 7.97. The fraction of sp³-hybridized carbons (Fsp3) is 0.346. The van der Waals surface area contributed by atoms with Crippen LogP contribution in [0.4, 0.5) is 5.69 Å². The summed E-state index contributed by atoms with van der Waals surface area (Å²) in [5.74, 6) is 3.24. The summed E-state index contributed by atoms with van der Waals surface area (Å²) in [6, 6.07) is 12.4. The molecule has 7 heteroatoms. The lowest BCUT2D eigenvalue weighted by Crippen LogP contribution is -2.39. The van der Waals surface area contributed by atoms with E-state index < -0.39 is 0 Å². The number of rotatable bonds is 9. The average Bonchev–Trinajstić information content (AvgIpc) is 2.80. The van der Waals surface area contributed by atoms with E-state index in [1.54, 1.807) is 29.7 Å². The van der Waals surface area contributed by atoms with E-state index >= 15 is 0 Å². The molecule has 0 aliphatic heterocycles. The molecule has 1 unspecified atom stereocenters. The van der Waals surface area contributed by atoms with Gasteiger partial charge in [-0.05, 0) is 62.6 Å². The number of ether oxygens (including phenoxy) is 1. The molecule has 0 radical (unpaired) electrons. The van der Waals surface area contributed by atoms with Gasteiger partial charge < -0.3 is 10.1 Å². The van der Waals surface area contributed by atoms with Crippen molar-refractivity contribution in [3.8, 4) is 18.1 Å². The zero-order chi connectivity index (χ0) is 24.0. The Bertz CT molecular complexity index is 1310. The highest BCUT2D eigenvalue weighted by Gasteiger charge is 2.14. The van der Waals surface area contributed by atoms with Crippen molar-refractivity contribution in [3.05, 3.63) is 68.9 Å². The van der Waals surface area contributed by atoms with Crippen molar-refractivity contribution in [1.82, 2.24) is 9.13 Å². The minimum Gasteiger partial charge on any atom is -0.494 e. The highest BCUT2D eigenvalue weighted by atomic mass is 16.5. The molecule has 3 aromatic rings. The van der Waals surface area contributed by atoms with E-state index in [0.29, 0.717) is 48.3 Å². The van der Waals surface area contributed by atoms with Gasteiger partial charge >= 0.3 is 5.69 Å². The summed E-state index contributed by atoms with van der Waals surface area (Å²) in [6.45, 7) is 6.82. The molecule has 7 nitrogen and oxygen atoms in total. The number of aryl methyl sites for hydroxylation is 1. The number of hydrogen-bond donors (Lipinski definition) is 1. The quantitative estimate of drug-likeness (QED) is 0.508. The van der Waals surface area contributed by atoms with Gasteiger partial charge in [0, 0.05) is 30.8 Å². The van der Waals surface area contributed by atoms with Gasteiger partial charge in [0.2, 0.25) is 5.91 Å². The fourth-order valence-electron chi connectivity index (χ4n) is 3.77. The van der Waals surface area contributed by atoms with E-state index in [4.69, 9.17) is 11.2 Å². The van der Waals surface area contributed by atoms with Crippen LogP contribution in [0, 0.1) is 18.3 Å². The number of carbonyl (C=O) groups is 1.